The van der Waals surface area contributed by atoms with Gasteiger partial charge < -0.3 is 5.32 Å². The molecule has 19 heavy (non-hydrogen) atoms. The Hall–Kier alpha value is -1.09. The standard InChI is InChI=1S/C16H21BrN2/c1-3-4-5-7-12(2)19-16-14-8-6-9-15(17)13(14)10-11-18-16/h6,8-12H,3-5,7H2,1-2H3,(H,18,19). The number of halogens is 1. The van der Waals surface area contributed by atoms with Gasteiger partial charge in [-0.1, -0.05) is 54.2 Å². The van der Waals surface area contributed by atoms with E-state index in [1.807, 2.05) is 12.3 Å². The van der Waals surface area contributed by atoms with Gasteiger partial charge in [0, 0.05) is 27.5 Å². The van der Waals surface area contributed by atoms with E-state index in [1.54, 1.807) is 0 Å². The van der Waals surface area contributed by atoms with E-state index < -0.39 is 0 Å². The summed E-state index contributed by atoms with van der Waals surface area (Å²) < 4.78 is 1.12. The molecule has 1 N–H and O–H groups in total. The second kappa shape index (κ2) is 6.90. The van der Waals surface area contributed by atoms with E-state index in [0.717, 1.165) is 10.3 Å². The van der Waals surface area contributed by atoms with Crippen molar-refractivity contribution in [3.05, 3.63) is 34.9 Å². The highest BCUT2D eigenvalue weighted by Crippen LogP contribution is 2.28. The molecule has 0 aliphatic heterocycles. The summed E-state index contributed by atoms with van der Waals surface area (Å²) in [6, 6.07) is 8.75. The van der Waals surface area contributed by atoms with Gasteiger partial charge in [0.2, 0.25) is 0 Å². The minimum Gasteiger partial charge on any atom is -0.367 e. The van der Waals surface area contributed by atoms with E-state index in [2.05, 4.69) is 58.3 Å². The number of nitrogens with zero attached hydrogens (tertiary/aromatic N) is 1. The zero-order valence-corrected chi connectivity index (χ0v) is 13.2. The molecule has 1 aromatic heterocycles. The smallest absolute Gasteiger partial charge is 0.134 e. The number of unbranched alkanes of at least 4 members (excludes halogenated alkanes) is 2. The summed E-state index contributed by atoms with van der Waals surface area (Å²) >= 11 is 3.59. The van der Waals surface area contributed by atoms with Gasteiger partial charge in [0.05, 0.1) is 0 Å². The second-order valence-corrected chi connectivity index (χ2v) is 5.89. The first kappa shape index (κ1) is 14.3. The van der Waals surface area contributed by atoms with E-state index in [-0.39, 0.29) is 0 Å². The van der Waals surface area contributed by atoms with Crippen LogP contribution in [0.2, 0.25) is 0 Å². The van der Waals surface area contributed by atoms with Crippen molar-refractivity contribution in [3.8, 4) is 0 Å². The lowest BCUT2D eigenvalue weighted by molar-refractivity contribution is 0.614. The number of hydrogen-bond acceptors (Lipinski definition) is 2. The normalized spacial score (nSPS) is 12.6. The van der Waals surface area contributed by atoms with Gasteiger partial charge in [-0.2, -0.15) is 0 Å². The highest BCUT2D eigenvalue weighted by Gasteiger charge is 2.07. The third-order valence-corrected chi connectivity index (χ3v) is 4.07. The Balaban J connectivity index is 2.14. The van der Waals surface area contributed by atoms with Gasteiger partial charge in [-0.3, -0.25) is 0 Å². The molecule has 2 nitrogen and oxygen atoms in total. The Morgan fingerprint density at radius 1 is 1.21 bits per heavy atom. The molecular weight excluding hydrogens is 300 g/mol. The summed E-state index contributed by atoms with van der Waals surface area (Å²) in [5.41, 5.74) is 0. The Morgan fingerprint density at radius 3 is 2.84 bits per heavy atom. The molecule has 0 spiro atoms. The van der Waals surface area contributed by atoms with Crippen LogP contribution in [0.4, 0.5) is 5.82 Å². The van der Waals surface area contributed by atoms with Gasteiger partial charge in [-0.15, -0.1) is 0 Å². The fourth-order valence-electron chi connectivity index (χ4n) is 2.29. The SMILES string of the molecule is CCCCCC(C)Nc1nccc2c(Br)cccc12. The number of aromatic nitrogens is 1. The maximum atomic E-state index is 4.48. The zero-order chi connectivity index (χ0) is 13.7. The lowest BCUT2D eigenvalue weighted by atomic mass is 10.1. The number of pyridine rings is 1. The quantitative estimate of drug-likeness (QED) is 0.723. The Morgan fingerprint density at radius 2 is 2.05 bits per heavy atom. The molecule has 1 heterocycles. The maximum Gasteiger partial charge on any atom is 0.134 e. The van der Waals surface area contributed by atoms with Crippen molar-refractivity contribution >= 4 is 32.5 Å². The predicted octanol–water partition coefficient (Wildman–Crippen LogP) is 5.38. The molecule has 2 aromatic rings. The van der Waals surface area contributed by atoms with Crippen molar-refractivity contribution in [2.75, 3.05) is 5.32 Å². The molecule has 0 amide bonds. The van der Waals surface area contributed by atoms with Crippen molar-refractivity contribution in [2.45, 2.75) is 45.6 Å². The molecule has 1 unspecified atom stereocenters. The van der Waals surface area contributed by atoms with Gasteiger partial charge in [-0.25, -0.2) is 4.98 Å². The monoisotopic (exact) mass is 320 g/mol. The van der Waals surface area contributed by atoms with Crippen LogP contribution >= 0.6 is 15.9 Å². The Bertz CT molecular complexity index is 539. The van der Waals surface area contributed by atoms with E-state index in [1.165, 1.54) is 36.5 Å². The summed E-state index contributed by atoms with van der Waals surface area (Å²) in [6.45, 7) is 4.47. The number of anilines is 1. The summed E-state index contributed by atoms with van der Waals surface area (Å²) in [4.78, 5) is 4.48. The highest BCUT2D eigenvalue weighted by atomic mass is 79.9. The number of fused-ring (bicyclic) bond motifs is 1. The molecule has 0 saturated carbocycles. The Labute approximate surface area is 123 Å². The van der Waals surface area contributed by atoms with Crippen LogP contribution < -0.4 is 5.32 Å². The van der Waals surface area contributed by atoms with Crippen molar-refractivity contribution in [1.29, 1.82) is 0 Å². The summed E-state index contributed by atoms with van der Waals surface area (Å²) in [5.74, 6) is 0.989. The average molecular weight is 321 g/mol. The number of hydrogen-bond donors (Lipinski definition) is 1. The molecule has 0 bridgehead atoms. The second-order valence-electron chi connectivity index (χ2n) is 5.04. The van der Waals surface area contributed by atoms with Crippen LogP contribution in [0.25, 0.3) is 10.8 Å². The number of benzene rings is 1. The summed E-state index contributed by atoms with van der Waals surface area (Å²) in [7, 11) is 0. The first-order valence-electron chi connectivity index (χ1n) is 7.02. The molecule has 0 saturated heterocycles. The summed E-state index contributed by atoms with van der Waals surface area (Å²) in [6.07, 6.45) is 6.92. The van der Waals surface area contributed by atoms with E-state index in [0.29, 0.717) is 6.04 Å². The third-order valence-electron chi connectivity index (χ3n) is 3.38. The third kappa shape index (κ3) is 3.69. The molecule has 2 rings (SSSR count). The Kier molecular flexibility index (Phi) is 5.20. The summed E-state index contributed by atoms with van der Waals surface area (Å²) in [5, 5.41) is 5.93. The number of nitrogens with one attached hydrogen (secondary N) is 1. The van der Waals surface area contributed by atoms with Gasteiger partial charge >= 0.3 is 0 Å². The highest BCUT2D eigenvalue weighted by molar-refractivity contribution is 9.10. The molecule has 0 radical (unpaired) electrons. The molecule has 1 atom stereocenters. The molecular formula is C16H21BrN2. The van der Waals surface area contributed by atoms with Crippen molar-refractivity contribution in [3.63, 3.8) is 0 Å². The molecule has 0 aliphatic rings. The lowest BCUT2D eigenvalue weighted by Gasteiger charge is -2.16. The van der Waals surface area contributed by atoms with Gasteiger partial charge in [0.15, 0.2) is 0 Å². The van der Waals surface area contributed by atoms with Crippen molar-refractivity contribution in [2.24, 2.45) is 0 Å². The van der Waals surface area contributed by atoms with Crippen LogP contribution in [0.3, 0.4) is 0 Å². The molecule has 0 aliphatic carbocycles. The minimum absolute atomic E-state index is 0.462. The predicted molar refractivity (Wildman–Crippen MR) is 86.7 cm³/mol. The maximum absolute atomic E-state index is 4.48. The van der Waals surface area contributed by atoms with E-state index in [9.17, 15) is 0 Å². The van der Waals surface area contributed by atoms with Crippen LogP contribution in [-0.4, -0.2) is 11.0 Å². The fourth-order valence-corrected chi connectivity index (χ4v) is 2.79. The average Bonchev–Trinajstić information content (AvgIpc) is 2.40. The fraction of sp³-hybridized carbons (Fsp3) is 0.438. The van der Waals surface area contributed by atoms with E-state index >= 15 is 0 Å². The molecule has 1 aromatic carbocycles. The number of rotatable bonds is 6. The van der Waals surface area contributed by atoms with Crippen LogP contribution in [0, 0.1) is 0 Å². The minimum atomic E-state index is 0.462. The first-order chi connectivity index (χ1) is 9.22. The van der Waals surface area contributed by atoms with Crippen molar-refractivity contribution < 1.29 is 0 Å². The van der Waals surface area contributed by atoms with E-state index in [4.69, 9.17) is 0 Å². The van der Waals surface area contributed by atoms with Crippen LogP contribution in [-0.2, 0) is 0 Å². The largest absolute Gasteiger partial charge is 0.367 e. The van der Waals surface area contributed by atoms with Crippen LogP contribution in [0.15, 0.2) is 34.9 Å². The van der Waals surface area contributed by atoms with Crippen LogP contribution in [0.5, 0.6) is 0 Å². The first-order valence-corrected chi connectivity index (χ1v) is 7.81. The molecule has 102 valence electrons. The molecule has 3 heteroatoms. The van der Waals surface area contributed by atoms with Gasteiger partial charge in [0.1, 0.15) is 5.82 Å². The lowest BCUT2D eigenvalue weighted by Crippen LogP contribution is -2.16. The topological polar surface area (TPSA) is 24.9 Å². The van der Waals surface area contributed by atoms with Gasteiger partial charge in [0.25, 0.3) is 0 Å². The zero-order valence-electron chi connectivity index (χ0n) is 11.6. The molecule has 0 fully saturated rings. The van der Waals surface area contributed by atoms with Crippen molar-refractivity contribution in [1.82, 2.24) is 4.98 Å². The van der Waals surface area contributed by atoms with Crippen LogP contribution in [0.1, 0.15) is 39.5 Å². The van der Waals surface area contributed by atoms with Gasteiger partial charge in [-0.05, 0) is 25.5 Å².